The molecule has 1 aliphatic carbocycles. The van der Waals surface area contributed by atoms with Crippen molar-refractivity contribution in [2.75, 3.05) is 5.32 Å². The zero-order valence-corrected chi connectivity index (χ0v) is 15.6. The van der Waals surface area contributed by atoms with Crippen molar-refractivity contribution in [2.24, 2.45) is 11.7 Å². The van der Waals surface area contributed by atoms with Gasteiger partial charge in [0.25, 0.3) is 5.91 Å². The Morgan fingerprint density at radius 3 is 2.74 bits per heavy atom. The second-order valence-corrected chi connectivity index (χ2v) is 7.41. The van der Waals surface area contributed by atoms with Gasteiger partial charge >= 0.3 is 0 Å². The zero-order chi connectivity index (χ0) is 19.3. The molecule has 1 heterocycles. The minimum absolute atomic E-state index is 0.00549. The van der Waals surface area contributed by atoms with E-state index in [0.717, 1.165) is 31.2 Å². The second kappa shape index (κ2) is 8.31. The summed E-state index contributed by atoms with van der Waals surface area (Å²) in [6.45, 7) is 2.37. The molecular weight excluding hydrogens is 340 g/mol. The summed E-state index contributed by atoms with van der Waals surface area (Å²) in [6.07, 6.45) is 6.99. The van der Waals surface area contributed by atoms with Crippen LogP contribution < -0.4 is 16.4 Å². The lowest BCUT2D eigenvalue weighted by Crippen LogP contribution is -2.52. The molecule has 2 amide bonds. The summed E-state index contributed by atoms with van der Waals surface area (Å²) in [7, 11) is 0. The van der Waals surface area contributed by atoms with Crippen LogP contribution in [0.25, 0.3) is 0 Å². The smallest absolute Gasteiger partial charge is 0.255 e. The molecule has 4 N–H and O–H groups in total. The van der Waals surface area contributed by atoms with Gasteiger partial charge in [0.1, 0.15) is 0 Å². The molecule has 1 aromatic heterocycles. The molecule has 27 heavy (non-hydrogen) atoms. The van der Waals surface area contributed by atoms with Crippen LogP contribution in [0.15, 0.2) is 48.8 Å². The summed E-state index contributed by atoms with van der Waals surface area (Å²) in [4.78, 5) is 28.7. The molecule has 2 unspecified atom stereocenters. The van der Waals surface area contributed by atoms with Crippen LogP contribution >= 0.6 is 0 Å². The third-order valence-corrected chi connectivity index (χ3v) is 5.16. The van der Waals surface area contributed by atoms with Crippen molar-refractivity contribution in [1.82, 2.24) is 10.3 Å². The van der Waals surface area contributed by atoms with Crippen molar-refractivity contribution in [2.45, 2.75) is 44.7 Å². The Balaban J connectivity index is 1.59. The third kappa shape index (κ3) is 4.92. The van der Waals surface area contributed by atoms with E-state index in [2.05, 4.69) is 15.6 Å². The van der Waals surface area contributed by atoms with Crippen LogP contribution in [0.1, 0.15) is 48.5 Å². The standard InChI is InChI=1S/C21H26N4O2/c1-21(22)10-3-2-7-18(21)20(27)24-14-15-5-4-6-17(13-15)25-19(26)16-8-11-23-12-9-16/h4-6,8-9,11-13,18H,2-3,7,10,14,22H2,1H3,(H,24,27)(H,25,26). The number of hydrogen-bond acceptors (Lipinski definition) is 4. The van der Waals surface area contributed by atoms with Gasteiger partial charge in [0, 0.05) is 35.7 Å². The van der Waals surface area contributed by atoms with Crippen LogP contribution in [0.4, 0.5) is 5.69 Å². The van der Waals surface area contributed by atoms with E-state index in [0.29, 0.717) is 17.8 Å². The Morgan fingerprint density at radius 1 is 1.22 bits per heavy atom. The topological polar surface area (TPSA) is 97.1 Å². The van der Waals surface area contributed by atoms with Crippen LogP contribution in [0.5, 0.6) is 0 Å². The summed E-state index contributed by atoms with van der Waals surface area (Å²) < 4.78 is 0. The Kier molecular flexibility index (Phi) is 5.86. The summed E-state index contributed by atoms with van der Waals surface area (Å²) >= 11 is 0. The van der Waals surface area contributed by atoms with E-state index >= 15 is 0 Å². The first-order chi connectivity index (χ1) is 13.0. The lowest BCUT2D eigenvalue weighted by Gasteiger charge is -2.37. The number of carbonyl (C=O) groups is 2. The monoisotopic (exact) mass is 366 g/mol. The third-order valence-electron chi connectivity index (χ3n) is 5.16. The average molecular weight is 366 g/mol. The first-order valence-corrected chi connectivity index (χ1v) is 9.32. The van der Waals surface area contributed by atoms with Gasteiger partial charge in [0.15, 0.2) is 0 Å². The van der Waals surface area contributed by atoms with Gasteiger partial charge in [-0.3, -0.25) is 14.6 Å². The summed E-state index contributed by atoms with van der Waals surface area (Å²) in [5, 5.41) is 5.86. The van der Waals surface area contributed by atoms with Crippen molar-refractivity contribution in [3.63, 3.8) is 0 Å². The Morgan fingerprint density at radius 2 is 2.00 bits per heavy atom. The molecule has 2 aromatic rings. The van der Waals surface area contributed by atoms with Gasteiger partial charge in [-0.05, 0) is 49.6 Å². The largest absolute Gasteiger partial charge is 0.352 e. The van der Waals surface area contributed by atoms with Gasteiger partial charge in [0.05, 0.1) is 5.92 Å². The normalized spacial score (nSPS) is 22.1. The van der Waals surface area contributed by atoms with Gasteiger partial charge < -0.3 is 16.4 Å². The maximum Gasteiger partial charge on any atom is 0.255 e. The van der Waals surface area contributed by atoms with Gasteiger partial charge in [-0.2, -0.15) is 0 Å². The molecule has 3 rings (SSSR count). The predicted octanol–water partition coefficient (Wildman–Crippen LogP) is 2.86. The van der Waals surface area contributed by atoms with Crippen molar-refractivity contribution in [1.29, 1.82) is 0 Å². The van der Waals surface area contributed by atoms with Crippen LogP contribution in [0.3, 0.4) is 0 Å². The number of carbonyl (C=O) groups excluding carboxylic acids is 2. The van der Waals surface area contributed by atoms with E-state index in [1.54, 1.807) is 24.5 Å². The maximum atomic E-state index is 12.6. The molecule has 2 atom stereocenters. The van der Waals surface area contributed by atoms with E-state index < -0.39 is 5.54 Å². The van der Waals surface area contributed by atoms with Gasteiger partial charge in [0.2, 0.25) is 5.91 Å². The number of nitrogens with two attached hydrogens (primary N) is 1. The highest BCUT2D eigenvalue weighted by molar-refractivity contribution is 6.04. The molecule has 0 aliphatic heterocycles. The molecule has 1 aliphatic rings. The minimum atomic E-state index is -0.442. The zero-order valence-electron chi connectivity index (χ0n) is 15.6. The molecule has 1 fully saturated rings. The highest BCUT2D eigenvalue weighted by Crippen LogP contribution is 2.31. The lowest BCUT2D eigenvalue weighted by atomic mass is 9.74. The molecule has 6 heteroatoms. The van der Waals surface area contributed by atoms with Crippen molar-refractivity contribution in [3.05, 3.63) is 59.9 Å². The first-order valence-electron chi connectivity index (χ1n) is 9.32. The number of amides is 2. The van der Waals surface area contributed by atoms with Crippen molar-refractivity contribution in [3.8, 4) is 0 Å². The number of nitrogens with one attached hydrogen (secondary N) is 2. The van der Waals surface area contributed by atoms with E-state index in [9.17, 15) is 9.59 Å². The summed E-state index contributed by atoms with van der Waals surface area (Å²) in [5.41, 5.74) is 8.02. The summed E-state index contributed by atoms with van der Waals surface area (Å²) in [5.74, 6) is -0.341. The van der Waals surface area contributed by atoms with Gasteiger partial charge in [-0.1, -0.05) is 25.0 Å². The molecule has 0 bridgehead atoms. The molecule has 1 saturated carbocycles. The molecule has 142 valence electrons. The predicted molar refractivity (Wildman–Crippen MR) is 105 cm³/mol. The molecule has 0 saturated heterocycles. The number of rotatable bonds is 5. The number of aromatic nitrogens is 1. The molecule has 1 aromatic carbocycles. The Bertz CT molecular complexity index is 805. The second-order valence-electron chi connectivity index (χ2n) is 7.41. The van der Waals surface area contributed by atoms with Gasteiger partial charge in [-0.15, -0.1) is 0 Å². The van der Waals surface area contributed by atoms with E-state index in [-0.39, 0.29) is 17.7 Å². The van der Waals surface area contributed by atoms with Crippen molar-refractivity contribution < 1.29 is 9.59 Å². The molecule has 6 nitrogen and oxygen atoms in total. The summed E-state index contributed by atoms with van der Waals surface area (Å²) in [6, 6.07) is 10.8. The fourth-order valence-electron chi connectivity index (χ4n) is 3.57. The first kappa shape index (κ1) is 19.0. The molecular formula is C21H26N4O2. The van der Waals surface area contributed by atoms with E-state index in [1.165, 1.54) is 0 Å². The highest BCUT2D eigenvalue weighted by Gasteiger charge is 2.37. The number of nitrogens with zero attached hydrogens (tertiary/aromatic N) is 1. The number of hydrogen-bond donors (Lipinski definition) is 3. The Labute approximate surface area is 159 Å². The Hall–Kier alpha value is -2.73. The molecule has 0 spiro atoms. The fraction of sp³-hybridized carbons (Fsp3) is 0.381. The highest BCUT2D eigenvalue weighted by atomic mass is 16.2. The van der Waals surface area contributed by atoms with E-state index in [1.807, 2.05) is 31.2 Å². The van der Waals surface area contributed by atoms with Gasteiger partial charge in [-0.25, -0.2) is 0 Å². The van der Waals surface area contributed by atoms with Crippen LogP contribution in [-0.4, -0.2) is 22.3 Å². The number of anilines is 1. The van der Waals surface area contributed by atoms with Crippen LogP contribution in [0, 0.1) is 5.92 Å². The number of benzene rings is 1. The van der Waals surface area contributed by atoms with Crippen molar-refractivity contribution >= 4 is 17.5 Å². The minimum Gasteiger partial charge on any atom is -0.352 e. The average Bonchev–Trinajstić information content (AvgIpc) is 2.67. The SMILES string of the molecule is CC1(N)CCCCC1C(=O)NCc1cccc(NC(=O)c2ccncc2)c1. The number of pyridine rings is 1. The van der Waals surface area contributed by atoms with E-state index in [4.69, 9.17) is 5.73 Å². The quantitative estimate of drug-likeness (QED) is 0.758. The maximum absolute atomic E-state index is 12.6. The fourth-order valence-corrected chi connectivity index (χ4v) is 3.57. The molecule has 0 radical (unpaired) electrons. The van der Waals surface area contributed by atoms with Crippen LogP contribution in [-0.2, 0) is 11.3 Å². The van der Waals surface area contributed by atoms with Crippen LogP contribution in [0.2, 0.25) is 0 Å². The lowest BCUT2D eigenvalue weighted by molar-refractivity contribution is -0.128.